The molecule has 0 N–H and O–H groups in total. The van der Waals surface area contributed by atoms with Crippen LogP contribution in [0.25, 0.3) is 0 Å². The zero-order chi connectivity index (χ0) is 14.4. The number of anilines is 1. The third-order valence-electron chi connectivity index (χ3n) is 5.49. The molecule has 0 aromatic heterocycles. The van der Waals surface area contributed by atoms with Crippen molar-refractivity contribution in [3.63, 3.8) is 0 Å². The van der Waals surface area contributed by atoms with E-state index in [1.807, 2.05) is 17.0 Å². The van der Waals surface area contributed by atoms with Crippen molar-refractivity contribution in [3.05, 3.63) is 42.0 Å². The first-order chi connectivity index (χ1) is 10.3. The molecule has 21 heavy (non-hydrogen) atoms. The maximum absolute atomic E-state index is 13.1. The lowest BCUT2D eigenvalue weighted by Crippen LogP contribution is -2.34. The molecule has 2 heteroatoms. The minimum Gasteiger partial charge on any atom is -0.300 e. The second-order valence-corrected chi connectivity index (χ2v) is 6.32. The topological polar surface area (TPSA) is 20.3 Å². The second-order valence-electron chi connectivity index (χ2n) is 6.32. The molecule has 4 rings (SSSR count). The molecule has 2 aliphatic carbocycles. The van der Waals surface area contributed by atoms with Gasteiger partial charge in [0.1, 0.15) is 0 Å². The van der Waals surface area contributed by atoms with E-state index in [-0.39, 0.29) is 11.3 Å². The Labute approximate surface area is 125 Å². The molecule has 1 spiro atoms. The number of terminal acetylenes is 1. The highest BCUT2D eigenvalue weighted by atomic mass is 16.2. The van der Waals surface area contributed by atoms with Crippen LogP contribution in [-0.2, 0) is 10.2 Å². The van der Waals surface area contributed by atoms with Crippen LogP contribution in [0.3, 0.4) is 0 Å². The largest absolute Gasteiger partial charge is 0.300 e. The Morgan fingerprint density at radius 3 is 2.52 bits per heavy atom. The van der Waals surface area contributed by atoms with Gasteiger partial charge in [-0.25, -0.2) is 0 Å². The van der Waals surface area contributed by atoms with Crippen molar-refractivity contribution in [2.45, 2.75) is 31.1 Å². The lowest BCUT2D eigenvalue weighted by Gasteiger charge is -2.15. The van der Waals surface area contributed by atoms with Crippen LogP contribution in [0, 0.1) is 24.2 Å². The van der Waals surface area contributed by atoms with Crippen LogP contribution in [0.2, 0.25) is 0 Å². The van der Waals surface area contributed by atoms with Crippen molar-refractivity contribution in [2.75, 3.05) is 11.4 Å². The number of allylic oxidation sites excluding steroid dienone is 2. The van der Waals surface area contributed by atoms with Gasteiger partial charge < -0.3 is 0 Å². The number of fused-ring (bicyclic) bond motifs is 5. The summed E-state index contributed by atoms with van der Waals surface area (Å²) in [6, 6.07) is 8.24. The van der Waals surface area contributed by atoms with Crippen LogP contribution < -0.4 is 4.90 Å². The van der Waals surface area contributed by atoms with E-state index in [2.05, 4.69) is 30.2 Å². The summed E-state index contributed by atoms with van der Waals surface area (Å²) in [6.45, 7) is 0.384. The molecule has 106 valence electrons. The molecule has 0 saturated heterocycles. The highest BCUT2D eigenvalue weighted by Crippen LogP contribution is 2.69. The molecule has 1 heterocycles. The molecule has 1 amide bonds. The van der Waals surface area contributed by atoms with Crippen molar-refractivity contribution in [3.8, 4) is 12.3 Å². The van der Waals surface area contributed by atoms with Gasteiger partial charge in [0.05, 0.1) is 12.0 Å². The molecule has 1 aliphatic heterocycles. The lowest BCUT2D eigenvalue weighted by molar-refractivity contribution is -0.120. The second kappa shape index (κ2) is 4.49. The van der Waals surface area contributed by atoms with Crippen molar-refractivity contribution in [2.24, 2.45) is 11.8 Å². The van der Waals surface area contributed by atoms with Crippen LogP contribution in [0.5, 0.6) is 0 Å². The predicted molar refractivity (Wildman–Crippen MR) is 83.9 cm³/mol. The van der Waals surface area contributed by atoms with Crippen LogP contribution in [-0.4, -0.2) is 12.5 Å². The summed E-state index contributed by atoms with van der Waals surface area (Å²) < 4.78 is 0. The van der Waals surface area contributed by atoms with Gasteiger partial charge in [0.25, 0.3) is 0 Å². The quantitative estimate of drug-likeness (QED) is 0.570. The number of amides is 1. The zero-order valence-electron chi connectivity index (χ0n) is 12.1. The first-order valence-corrected chi connectivity index (χ1v) is 7.81. The SMILES string of the molecule is C#CCN1C(=O)C2(c3ccccc31)[C@@H]1CC/C=C\CC[C@@H]12. The predicted octanol–water partition coefficient (Wildman–Crippen LogP) is 3.28. The Morgan fingerprint density at radius 1 is 1.19 bits per heavy atom. The maximum Gasteiger partial charge on any atom is 0.239 e. The van der Waals surface area contributed by atoms with Crippen LogP contribution >= 0.6 is 0 Å². The van der Waals surface area contributed by atoms with E-state index in [1.54, 1.807) is 0 Å². The normalized spacial score (nSPS) is 34.6. The Morgan fingerprint density at radius 2 is 1.86 bits per heavy atom. The minimum atomic E-state index is -0.264. The minimum absolute atomic E-state index is 0.249. The summed E-state index contributed by atoms with van der Waals surface area (Å²) >= 11 is 0. The van der Waals surface area contributed by atoms with Crippen molar-refractivity contribution >= 4 is 11.6 Å². The maximum atomic E-state index is 13.1. The van der Waals surface area contributed by atoms with E-state index >= 15 is 0 Å². The van der Waals surface area contributed by atoms with Crippen molar-refractivity contribution in [1.29, 1.82) is 0 Å². The van der Waals surface area contributed by atoms with Gasteiger partial charge >= 0.3 is 0 Å². The number of nitrogens with zero attached hydrogens (tertiary/aromatic N) is 1. The zero-order valence-corrected chi connectivity index (χ0v) is 12.1. The molecule has 3 aliphatic rings. The number of carbonyl (C=O) groups is 1. The smallest absolute Gasteiger partial charge is 0.239 e. The van der Waals surface area contributed by atoms with Gasteiger partial charge in [0, 0.05) is 5.69 Å². The summed E-state index contributed by atoms with van der Waals surface area (Å²) in [7, 11) is 0. The molecule has 2 nitrogen and oxygen atoms in total. The average molecular weight is 277 g/mol. The Kier molecular flexibility index (Phi) is 2.72. The van der Waals surface area contributed by atoms with Gasteiger partial charge in [-0.3, -0.25) is 9.69 Å². The van der Waals surface area contributed by atoms with Gasteiger partial charge in [0.15, 0.2) is 0 Å². The fourth-order valence-electron chi connectivity index (χ4n) is 4.66. The summed E-state index contributed by atoms with van der Waals surface area (Å²) in [5, 5.41) is 0. The summed E-state index contributed by atoms with van der Waals surface area (Å²) in [6.07, 6.45) is 14.4. The molecule has 1 aromatic rings. The molecular weight excluding hydrogens is 258 g/mol. The number of hydrogen-bond donors (Lipinski definition) is 0. The molecule has 0 bridgehead atoms. The van der Waals surface area contributed by atoms with Gasteiger partial charge in [0.2, 0.25) is 5.91 Å². The van der Waals surface area contributed by atoms with E-state index in [0.29, 0.717) is 18.4 Å². The third kappa shape index (κ3) is 1.52. The standard InChI is InChI=1S/C19H19NO/c1-2-13-20-17-12-8-7-11-16(17)19(18(20)21)14-9-5-3-4-6-10-15(14)19/h1,3-4,7-8,11-12,14-15H,5-6,9-10,13H2/b4-3-/t14-,15+,19?. The molecule has 1 unspecified atom stereocenters. The van der Waals surface area contributed by atoms with E-state index in [1.165, 1.54) is 5.56 Å². The molecule has 0 radical (unpaired) electrons. The van der Waals surface area contributed by atoms with Gasteiger partial charge in [-0.15, -0.1) is 6.42 Å². The molecule has 1 fully saturated rings. The lowest BCUT2D eigenvalue weighted by atomic mass is 9.91. The summed E-state index contributed by atoms with van der Waals surface area (Å²) in [5.41, 5.74) is 2.00. The average Bonchev–Trinajstić information content (AvgIpc) is 3.02. The monoisotopic (exact) mass is 277 g/mol. The van der Waals surface area contributed by atoms with Gasteiger partial charge in [-0.2, -0.15) is 0 Å². The molecular formula is C19H19NO. The first-order valence-electron chi connectivity index (χ1n) is 7.81. The highest BCUT2D eigenvalue weighted by Gasteiger charge is 2.72. The number of rotatable bonds is 1. The number of carbonyl (C=O) groups excluding carboxylic acids is 1. The van der Waals surface area contributed by atoms with E-state index in [0.717, 1.165) is 31.4 Å². The van der Waals surface area contributed by atoms with E-state index in [4.69, 9.17) is 6.42 Å². The molecule has 3 atom stereocenters. The van der Waals surface area contributed by atoms with Crippen molar-refractivity contribution in [1.82, 2.24) is 0 Å². The Hall–Kier alpha value is -2.01. The van der Waals surface area contributed by atoms with Gasteiger partial charge in [-0.05, 0) is 49.1 Å². The first kappa shape index (κ1) is 12.7. The third-order valence-corrected chi connectivity index (χ3v) is 5.49. The summed E-state index contributed by atoms with van der Waals surface area (Å²) in [4.78, 5) is 15.0. The summed E-state index contributed by atoms with van der Waals surface area (Å²) in [5.74, 6) is 3.89. The fraction of sp³-hybridized carbons (Fsp3) is 0.421. The Balaban J connectivity index is 1.80. The van der Waals surface area contributed by atoms with Crippen LogP contribution in [0.4, 0.5) is 5.69 Å². The van der Waals surface area contributed by atoms with Gasteiger partial charge in [-0.1, -0.05) is 36.3 Å². The van der Waals surface area contributed by atoms with Crippen LogP contribution in [0.15, 0.2) is 36.4 Å². The number of benzene rings is 1. The molecule has 1 aromatic carbocycles. The highest BCUT2D eigenvalue weighted by molar-refractivity contribution is 6.11. The van der Waals surface area contributed by atoms with Crippen LogP contribution in [0.1, 0.15) is 31.2 Å². The van der Waals surface area contributed by atoms with E-state index in [9.17, 15) is 4.79 Å². The Bertz CT molecular complexity index is 650. The van der Waals surface area contributed by atoms with Crippen molar-refractivity contribution < 1.29 is 4.79 Å². The van der Waals surface area contributed by atoms with E-state index < -0.39 is 0 Å². The number of para-hydroxylation sites is 1. The number of hydrogen-bond acceptors (Lipinski definition) is 1. The molecule has 1 saturated carbocycles. The fourth-order valence-corrected chi connectivity index (χ4v) is 4.66.